The molecule has 0 bridgehead atoms. The number of fused-ring (bicyclic) bond motifs is 2. The first-order valence-electron chi connectivity index (χ1n) is 10.5. The summed E-state index contributed by atoms with van der Waals surface area (Å²) in [7, 11) is -0.732. The minimum atomic E-state index is -0.732. The summed E-state index contributed by atoms with van der Waals surface area (Å²) in [6, 6.07) is 43.6. The maximum absolute atomic E-state index is 2.41. The van der Waals surface area contributed by atoms with Crippen LogP contribution in [0, 0.1) is 0 Å². The summed E-state index contributed by atoms with van der Waals surface area (Å²) in [4.78, 5) is 0. The predicted octanol–water partition coefficient (Wildman–Crippen LogP) is 5.67. The zero-order chi connectivity index (χ0) is 20.6. The van der Waals surface area contributed by atoms with Gasteiger partial charge in [0.15, 0.2) is 0 Å². The summed E-state index contributed by atoms with van der Waals surface area (Å²) in [5, 5.41) is 5.21. The maximum atomic E-state index is 2.41. The maximum Gasteiger partial charge on any atom is 0.0734 e. The Balaban J connectivity index is 1.70. The third-order valence-corrected chi connectivity index (χ3v) is 8.12. The van der Waals surface area contributed by atoms with Crippen molar-refractivity contribution in [1.29, 1.82) is 0 Å². The van der Waals surface area contributed by atoms with Crippen molar-refractivity contribution in [3.8, 4) is 0 Å². The monoisotopic (exact) mass is 416 g/mol. The Labute approximate surface area is 182 Å². The van der Waals surface area contributed by atoms with Crippen LogP contribution in [0.25, 0.3) is 21.8 Å². The summed E-state index contributed by atoms with van der Waals surface area (Å²) < 4.78 is 4.71. The van der Waals surface area contributed by atoms with Crippen LogP contribution < -0.4 is 16.0 Å². The van der Waals surface area contributed by atoms with Gasteiger partial charge in [-0.15, -0.1) is 0 Å². The third-order valence-electron chi connectivity index (χ3n) is 5.72. The fourth-order valence-corrected chi connectivity index (χ4v) is 6.75. The van der Waals surface area contributed by atoms with E-state index in [2.05, 4.69) is 137 Å². The quantitative estimate of drug-likeness (QED) is 0.328. The van der Waals surface area contributed by atoms with Crippen LogP contribution in [0.15, 0.2) is 128 Å². The molecule has 0 amide bonds. The lowest BCUT2D eigenvalue weighted by molar-refractivity contribution is 0.739. The number of nitrogens with zero attached hydrogens (tertiary/aromatic N) is 2. The standard InChI is InChI=1S/C28H21N2P/c1-3-13-24(14-4-1)31(25-15-5-2-6-16-25)28-21-23-12-8-10-18-27(23)30(28)29-20-19-22-11-7-9-17-26(22)29/h1-21H. The SMILES string of the molecule is c1ccc(P(c2ccccc2)c2cc3ccccc3n2-n2ccc3ccccc32)cc1. The van der Waals surface area contributed by atoms with E-state index in [4.69, 9.17) is 0 Å². The second-order valence-corrected chi connectivity index (χ2v) is 9.76. The second-order valence-electron chi connectivity index (χ2n) is 7.60. The van der Waals surface area contributed by atoms with E-state index in [1.54, 1.807) is 0 Å². The molecule has 0 aliphatic heterocycles. The van der Waals surface area contributed by atoms with Crippen LogP contribution in [0.1, 0.15) is 0 Å². The number of hydrogen-bond acceptors (Lipinski definition) is 0. The van der Waals surface area contributed by atoms with Crippen molar-refractivity contribution < 1.29 is 0 Å². The van der Waals surface area contributed by atoms with Gasteiger partial charge in [0, 0.05) is 24.9 Å². The first kappa shape index (κ1) is 18.2. The van der Waals surface area contributed by atoms with Gasteiger partial charge in [0.05, 0.1) is 16.5 Å². The van der Waals surface area contributed by atoms with Gasteiger partial charge in [0.1, 0.15) is 0 Å². The van der Waals surface area contributed by atoms with Crippen molar-refractivity contribution in [2.75, 3.05) is 0 Å². The van der Waals surface area contributed by atoms with Crippen LogP contribution in [0.5, 0.6) is 0 Å². The van der Waals surface area contributed by atoms with Gasteiger partial charge in [-0.1, -0.05) is 97.1 Å². The highest BCUT2D eigenvalue weighted by Gasteiger charge is 2.23. The lowest BCUT2D eigenvalue weighted by atomic mass is 10.2. The van der Waals surface area contributed by atoms with Crippen molar-refractivity contribution in [1.82, 2.24) is 9.35 Å². The van der Waals surface area contributed by atoms with Crippen LogP contribution in [-0.4, -0.2) is 9.35 Å². The number of para-hydroxylation sites is 2. The zero-order valence-corrected chi connectivity index (χ0v) is 17.9. The Bertz CT molecular complexity index is 1440. The average molecular weight is 416 g/mol. The summed E-state index contributed by atoms with van der Waals surface area (Å²) in [5.41, 5.74) is 3.74. The predicted molar refractivity (Wildman–Crippen MR) is 133 cm³/mol. The number of rotatable bonds is 4. The topological polar surface area (TPSA) is 9.86 Å². The van der Waals surface area contributed by atoms with Crippen LogP contribution in [0.3, 0.4) is 0 Å². The molecule has 0 atom stereocenters. The summed E-state index contributed by atoms with van der Waals surface area (Å²) in [6.07, 6.45) is 2.18. The molecule has 0 spiro atoms. The highest BCUT2D eigenvalue weighted by Crippen LogP contribution is 2.35. The average Bonchev–Trinajstić information content (AvgIpc) is 3.42. The highest BCUT2D eigenvalue weighted by atomic mass is 31.1. The van der Waals surface area contributed by atoms with Gasteiger partial charge in [-0.2, -0.15) is 0 Å². The molecule has 0 aliphatic carbocycles. The van der Waals surface area contributed by atoms with Gasteiger partial charge in [-0.05, 0) is 34.9 Å². The van der Waals surface area contributed by atoms with Crippen LogP contribution in [0.2, 0.25) is 0 Å². The Morgan fingerprint density at radius 1 is 0.484 bits per heavy atom. The molecule has 0 unspecified atom stereocenters. The van der Waals surface area contributed by atoms with E-state index in [1.807, 2.05) is 0 Å². The molecule has 2 aromatic heterocycles. The van der Waals surface area contributed by atoms with Gasteiger partial charge in [-0.3, -0.25) is 4.68 Å². The molecule has 2 heterocycles. The molecule has 0 saturated carbocycles. The number of hydrogen-bond donors (Lipinski definition) is 0. The van der Waals surface area contributed by atoms with Crippen LogP contribution >= 0.6 is 7.92 Å². The first-order valence-corrected chi connectivity index (χ1v) is 11.8. The van der Waals surface area contributed by atoms with E-state index < -0.39 is 7.92 Å². The normalized spacial score (nSPS) is 11.5. The molecule has 0 fully saturated rings. The van der Waals surface area contributed by atoms with Gasteiger partial charge >= 0.3 is 0 Å². The molecular formula is C28H21N2P. The molecule has 6 aromatic rings. The minimum Gasteiger partial charge on any atom is -0.256 e. The first-order chi connectivity index (χ1) is 15.4. The summed E-state index contributed by atoms with van der Waals surface area (Å²) >= 11 is 0. The molecule has 0 radical (unpaired) electrons. The number of aromatic nitrogens is 2. The molecular weight excluding hydrogens is 395 g/mol. The van der Waals surface area contributed by atoms with E-state index in [9.17, 15) is 0 Å². The Hall–Kier alpha value is -3.61. The zero-order valence-electron chi connectivity index (χ0n) is 17.0. The van der Waals surface area contributed by atoms with Crippen molar-refractivity contribution in [2.45, 2.75) is 0 Å². The van der Waals surface area contributed by atoms with E-state index in [-0.39, 0.29) is 0 Å². The summed E-state index contributed by atoms with van der Waals surface area (Å²) in [5.74, 6) is 0. The molecule has 148 valence electrons. The Morgan fingerprint density at radius 3 is 1.71 bits per heavy atom. The molecule has 0 N–H and O–H groups in total. The molecule has 4 aromatic carbocycles. The van der Waals surface area contributed by atoms with Gasteiger partial charge in [0.25, 0.3) is 0 Å². The Morgan fingerprint density at radius 2 is 1.03 bits per heavy atom. The Kier molecular flexibility index (Phi) is 4.44. The van der Waals surface area contributed by atoms with Crippen LogP contribution in [0.4, 0.5) is 0 Å². The molecule has 31 heavy (non-hydrogen) atoms. The van der Waals surface area contributed by atoms with Crippen LogP contribution in [-0.2, 0) is 0 Å². The van der Waals surface area contributed by atoms with Gasteiger partial charge < -0.3 is 0 Å². The lowest BCUT2D eigenvalue weighted by Gasteiger charge is -2.22. The van der Waals surface area contributed by atoms with Crippen molar-refractivity contribution in [3.63, 3.8) is 0 Å². The van der Waals surface area contributed by atoms with Gasteiger partial charge in [-0.25, -0.2) is 4.68 Å². The van der Waals surface area contributed by atoms with E-state index in [1.165, 1.54) is 37.8 Å². The lowest BCUT2D eigenvalue weighted by Crippen LogP contribution is -2.29. The number of benzene rings is 4. The van der Waals surface area contributed by atoms with E-state index >= 15 is 0 Å². The van der Waals surface area contributed by atoms with E-state index in [0.717, 1.165) is 0 Å². The fraction of sp³-hybridized carbons (Fsp3) is 0. The molecule has 6 rings (SSSR count). The third kappa shape index (κ3) is 3.08. The fourth-order valence-electron chi connectivity index (χ4n) is 4.32. The van der Waals surface area contributed by atoms with Crippen molar-refractivity contribution in [2.24, 2.45) is 0 Å². The van der Waals surface area contributed by atoms with Crippen molar-refractivity contribution in [3.05, 3.63) is 128 Å². The van der Waals surface area contributed by atoms with Gasteiger partial charge in [0.2, 0.25) is 0 Å². The highest BCUT2D eigenvalue weighted by molar-refractivity contribution is 7.79. The van der Waals surface area contributed by atoms with Crippen molar-refractivity contribution >= 4 is 45.8 Å². The molecule has 2 nitrogen and oxygen atoms in total. The second kappa shape index (κ2) is 7.58. The van der Waals surface area contributed by atoms with E-state index in [0.29, 0.717) is 0 Å². The summed E-state index contributed by atoms with van der Waals surface area (Å²) in [6.45, 7) is 0. The largest absolute Gasteiger partial charge is 0.256 e. The molecule has 0 saturated heterocycles. The minimum absolute atomic E-state index is 0.732. The molecule has 3 heteroatoms. The molecule has 0 aliphatic rings. The smallest absolute Gasteiger partial charge is 0.0734 e.